The molecule has 25 heavy (non-hydrogen) atoms. The van der Waals surface area contributed by atoms with Crippen LogP contribution in [0.25, 0.3) is 0 Å². The molecule has 0 bridgehead atoms. The summed E-state index contributed by atoms with van der Waals surface area (Å²) in [5.74, 6) is -0.256. The van der Waals surface area contributed by atoms with Crippen molar-refractivity contribution in [2.24, 2.45) is 5.41 Å². The van der Waals surface area contributed by atoms with Crippen LogP contribution >= 0.6 is 0 Å². The maximum Gasteiger partial charge on any atom is 0.407 e. The van der Waals surface area contributed by atoms with Gasteiger partial charge < -0.3 is 19.5 Å². The van der Waals surface area contributed by atoms with E-state index in [0.29, 0.717) is 32.5 Å². The van der Waals surface area contributed by atoms with E-state index < -0.39 is 25.2 Å². The lowest BCUT2D eigenvalue weighted by molar-refractivity contribution is -0.156. The third-order valence-corrected chi connectivity index (χ3v) is 6.03. The van der Waals surface area contributed by atoms with Crippen molar-refractivity contribution < 1.29 is 23.8 Å². The maximum atomic E-state index is 12.3. The highest BCUT2D eigenvalue weighted by Crippen LogP contribution is 2.40. The summed E-state index contributed by atoms with van der Waals surface area (Å²) < 4.78 is 16.2. The van der Waals surface area contributed by atoms with Gasteiger partial charge in [-0.05, 0) is 46.1 Å². The highest BCUT2D eigenvalue weighted by molar-refractivity contribution is 6.76. The first-order chi connectivity index (χ1) is 11.4. The summed E-state index contributed by atoms with van der Waals surface area (Å²) in [5.41, 5.74) is -1.21. The molecule has 0 aromatic rings. The van der Waals surface area contributed by atoms with E-state index >= 15 is 0 Å². The highest BCUT2D eigenvalue weighted by atomic mass is 28.3. The van der Waals surface area contributed by atoms with Crippen LogP contribution in [0.4, 0.5) is 4.79 Å². The first-order valence-electron chi connectivity index (χ1n) is 9.03. The van der Waals surface area contributed by atoms with Gasteiger partial charge in [-0.15, -0.1) is 0 Å². The molecule has 0 radical (unpaired) electrons. The number of hydrogen-bond acceptors (Lipinski definition) is 5. The zero-order chi connectivity index (χ0) is 19.3. The average Bonchev–Trinajstić information content (AvgIpc) is 2.84. The van der Waals surface area contributed by atoms with Crippen LogP contribution in [0, 0.1) is 5.41 Å². The smallest absolute Gasteiger partial charge is 0.407 e. The number of esters is 1. The molecule has 1 fully saturated rings. The maximum absolute atomic E-state index is 12.3. The third-order valence-electron chi connectivity index (χ3n) is 4.32. The van der Waals surface area contributed by atoms with E-state index in [1.807, 2.05) is 20.8 Å². The Balaban J connectivity index is 2.60. The van der Waals surface area contributed by atoms with Gasteiger partial charge in [0.2, 0.25) is 0 Å². The van der Waals surface area contributed by atoms with Crippen molar-refractivity contribution in [3.8, 4) is 0 Å². The predicted molar refractivity (Wildman–Crippen MR) is 100 cm³/mol. The van der Waals surface area contributed by atoms with Gasteiger partial charge in [0.15, 0.2) is 0 Å². The molecule has 146 valence electrons. The van der Waals surface area contributed by atoms with E-state index in [1.54, 1.807) is 0 Å². The minimum absolute atomic E-state index is 0.102. The predicted octanol–water partition coefficient (Wildman–Crippen LogP) is 3.58. The van der Waals surface area contributed by atoms with Crippen LogP contribution in [-0.2, 0) is 19.0 Å². The Bertz CT molecular complexity index is 469. The van der Waals surface area contributed by atoms with Crippen molar-refractivity contribution in [1.29, 1.82) is 0 Å². The fraction of sp³-hybridized carbons (Fsp3) is 0.889. The number of methoxy groups -OCH3 is 1. The second kappa shape index (κ2) is 8.53. The molecule has 1 aliphatic rings. The Hall–Kier alpha value is -1.08. The van der Waals surface area contributed by atoms with Gasteiger partial charge in [-0.3, -0.25) is 4.79 Å². The fourth-order valence-corrected chi connectivity index (χ4v) is 3.72. The lowest BCUT2D eigenvalue weighted by Crippen LogP contribution is -2.41. The van der Waals surface area contributed by atoms with E-state index in [2.05, 4.69) is 25.0 Å². The summed E-state index contributed by atoms with van der Waals surface area (Å²) in [4.78, 5) is 24.3. The minimum Gasteiger partial charge on any atom is -0.469 e. The lowest BCUT2D eigenvalue weighted by Gasteiger charge is -2.27. The fourth-order valence-electron chi connectivity index (χ4n) is 2.96. The summed E-state index contributed by atoms with van der Waals surface area (Å²) >= 11 is 0. The van der Waals surface area contributed by atoms with Gasteiger partial charge in [0.1, 0.15) is 5.60 Å². The number of alkyl carbamates (subject to hydrolysis) is 1. The van der Waals surface area contributed by atoms with E-state index in [9.17, 15) is 9.59 Å². The Labute approximate surface area is 153 Å². The van der Waals surface area contributed by atoms with Crippen LogP contribution in [0.15, 0.2) is 0 Å². The molecule has 0 aromatic heterocycles. The van der Waals surface area contributed by atoms with Gasteiger partial charge in [-0.2, -0.15) is 0 Å². The Kier molecular flexibility index (Phi) is 7.50. The molecule has 0 saturated heterocycles. The molecule has 1 saturated carbocycles. The largest absolute Gasteiger partial charge is 0.469 e. The van der Waals surface area contributed by atoms with E-state index in [-0.39, 0.29) is 12.0 Å². The normalized spacial score (nSPS) is 24.0. The van der Waals surface area contributed by atoms with Gasteiger partial charge in [0, 0.05) is 20.7 Å². The van der Waals surface area contributed by atoms with Crippen LogP contribution in [0.5, 0.6) is 0 Å². The van der Waals surface area contributed by atoms with Gasteiger partial charge in [0.25, 0.3) is 0 Å². The molecule has 7 heteroatoms. The standard InChI is InChI=1S/C18H35NO5Si/c1-17(2,3)24-16(21)19-14-8-9-18(12-14,15(20)22-4)13-23-10-11-25(5,6)7/h14H,8-13H2,1-7H3,(H,19,21)/t14-,18?/m1/s1. The first kappa shape index (κ1) is 22.0. The Morgan fingerprint density at radius 2 is 1.88 bits per heavy atom. The first-order valence-corrected chi connectivity index (χ1v) is 12.7. The van der Waals surface area contributed by atoms with Crippen LogP contribution in [0.3, 0.4) is 0 Å². The van der Waals surface area contributed by atoms with E-state index in [1.165, 1.54) is 7.11 Å². The SMILES string of the molecule is COC(=O)C1(COCC[Si](C)(C)C)CC[C@@H](NC(=O)OC(C)(C)C)C1. The number of carbonyl (C=O) groups is 2. The number of amides is 1. The monoisotopic (exact) mass is 373 g/mol. The molecule has 0 spiro atoms. The third kappa shape index (κ3) is 7.77. The van der Waals surface area contributed by atoms with Crippen molar-refractivity contribution in [1.82, 2.24) is 5.32 Å². The van der Waals surface area contributed by atoms with Gasteiger partial charge >= 0.3 is 12.1 Å². The molecule has 0 aromatic carbocycles. The summed E-state index contributed by atoms with van der Waals surface area (Å²) in [7, 11) is 0.237. The van der Waals surface area contributed by atoms with Gasteiger partial charge in [-0.25, -0.2) is 4.79 Å². The number of ether oxygens (including phenoxy) is 3. The van der Waals surface area contributed by atoms with Crippen molar-refractivity contribution in [3.05, 3.63) is 0 Å². The van der Waals surface area contributed by atoms with Crippen LogP contribution in [-0.4, -0.2) is 52.1 Å². The molecule has 0 aliphatic heterocycles. The number of hydrogen-bond donors (Lipinski definition) is 1. The Morgan fingerprint density at radius 1 is 1.24 bits per heavy atom. The van der Waals surface area contributed by atoms with Crippen molar-refractivity contribution in [3.63, 3.8) is 0 Å². The molecule has 1 aliphatic carbocycles. The topological polar surface area (TPSA) is 73.9 Å². The van der Waals surface area contributed by atoms with Crippen molar-refractivity contribution in [2.45, 2.75) is 77.4 Å². The second-order valence-corrected chi connectivity index (χ2v) is 14.8. The van der Waals surface area contributed by atoms with Gasteiger partial charge in [0.05, 0.1) is 19.1 Å². The van der Waals surface area contributed by atoms with E-state index in [4.69, 9.17) is 14.2 Å². The summed E-state index contributed by atoms with van der Waals surface area (Å²) in [6.45, 7) is 13.4. The summed E-state index contributed by atoms with van der Waals surface area (Å²) in [6, 6.07) is 0.957. The van der Waals surface area contributed by atoms with Gasteiger partial charge in [-0.1, -0.05) is 19.6 Å². The quantitative estimate of drug-likeness (QED) is 0.419. The molecule has 0 heterocycles. The van der Waals surface area contributed by atoms with Crippen LogP contribution in [0.1, 0.15) is 40.0 Å². The highest BCUT2D eigenvalue weighted by Gasteiger charge is 2.47. The Morgan fingerprint density at radius 3 is 2.40 bits per heavy atom. The van der Waals surface area contributed by atoms with Crippen molar-refractivity contribution in [2.75, 3.05) is 20.3 Å². The summed E-state index contributed by atoms with van der Waals surface area (Å²) in [6.07, 6.45) is 1.43. The molecule has 1 rings (SSSR count). The zero-order valence-electron chi connectivity index (χ0n) is 16.9. The van der Waals surface area contributed by atoms with Crippen LogP contribution < -0.4 is 5.32 Å². The second-order valence-electron chi connectivity index (χ2n) is 9.22. The van der Waals surface area contributed by atoms with Crippen molar-refractivity contribution >= 4 is 20.1 Å². The number of nitrogens with one attached hydrogen (secondary N) is 1. The summed E-state index contributed by atoms with van der Waals surface area (Å²) in [5, 5.41) is 2.87. The molecule has 2 atom stereocenters. The lowest BCUT2D eigenvalue weighted by atomic mass is 9.87. The molecule has 1 amide bonds. The molecule has 1 unspecified atom stereocenters. The minimum atomic E-state index is -1.17. The number of carbonyl (C=O) groups excluding carboxylic acids is 2. The zero-order valence-corrected chi connectivity index (χ0v) is 17.9. The average molecular weight is 374 g/mol. The number of rotatable bonds is 7. The van der Waals surface area contributed by atoms with E-state index in [0.717, 1.165) is 6.04 Å². The molecule has 6 nitrogen and oxygen atoms in total. The molecular formula is C18H35NO5Si. The van der Waals surface area contributed by atoms with Crippen LogP contribution in [0.2, 0.25) is 25.7 Å². The molecular weight excluding hydrogens is 338 g/mol. The molecule has 1 N–H and O–H groups in total.